The van der Waals surface area contributed by atoms with Crippen molar-refractivity contribution >= 4 is 37.6 Å². The van der Waals surface area contributed by atoms with Crippen LogP contribution in [-0.2, 0) is 17.1 Å². The molecule has 0 radical (unpaired) electrons. The zero-order valence-corrected chi connectivity index (χ0v) is 19.0. The number of hydrogen-bond donors (Lipinski definition) is 0. The molecule has 0 saturated carbocycles. The maximum absolute atomic E-state index is 13.7. The van der Waals surface area contributed by atoms with Crippen molar-refractivity contribution in [1.29, 1.82) is 0 Å². The molecular formula is C19H8Br2F12O. The molecule has 1 nitrogen and oxygen atoms in total. The van der Waals surface area contributed by atoms with Crippen LogP contribution in [0, 0.1) is 0 Å². The van der Waals surface area contributed by atoms with Gasteiger partial charge in [-0.25, -0.2) is 0 Å². The van der Waals surface area contributed by atoms with E-state index in [1.165, 1.54) is 0 Å². The van der Waals surface area contributed by atoms with E-state index < -0.39 is 73.5 Å². The minimum Gasteiger partial charge on any atom is -0.298 e. The summed E-state index contributed by atoms with van der Waals surface area (Å²) in [5, 5.41) is 0. The lowest BCUT2D eigenvalue weighted by Crippen LogP contribution is -2.38. The van der Waals surface area contributed by atoms with E-state index in [4.69, 9.17) is 0 Å². The Balaban J connectivity index is 2.75. The highest BCUT2D eigenvalue weighted by molar-refractivity contribution is 9.10. The smallest absolute Gasteiger partial charge is 0.298 e. The molecule has 2 aromatic rings. The van der Waals surface area contributed by atoms with Crippen molar-refractivity contribution in [2.24, 2.45) is 0 Å². The summed E-state index contributed by atoms with van der Waals surface area (Å²) in [5.41, 5.74) is -6.32. The van der Waals surface area contributed by atoms with Gasteiger partial charge in [-0.2, -0.15) is 52.7 Å². The monoisotopic (exact) mass is 638 g/mol. The van der Waals surface area contributed by atoms with E-state index >= 15 is 0 Å². The molecule has 0 aliphatic heterocycles. The van der Waals surface area contributed by atoms with Crippen LogP contribution >= 0.6 is 31.9 Å². The van der Waals surface area contributed by atoms with Crippen LogP contribution in [-0.4, -0.2) is 18.1 Å². The first-order chi connectivity index (χ1) is 15.2. The number of alkyl halides is 12. The van der Waals surface area contributed by atoms with E-state index in [2.05, 4.69) is 31.9 Å². The van der Waals surface area contributed by atoms with Gasteiger partial charge in [0.2, 0.25) is 0 Å². The molecule has 15 heteroatoms. The second kappa shape index (κ2) is 9.36. The lowest BCUT2D eigenvalue weighted by molar-refractivity contribution is -0.184. The molecule has 188 valence electrons. The molecule has 0 amide bonds. The molecule has 0 spiro atoms. The minimum atomic E-state index is -5.81. The Kier molecular flexibility index (Phi) is 7.83. The summed E-state index contributed by atoms with van der Waals surface area (Å²) >= 11 is 4.91. The molecule has 2 unspecified atom stereocenters. The summed E-state index contributed by atoms with van der Waals surface area (Å²) in [6, 6.07) is 1.38. The van der Waals surface area contributed by atoms with Crippen molar-refractivity contribution in [2.45, 2.75) is 36.5 Å². The van der Waals surface area contributed by atoms with Crippen LogP contribution in [0.25, 0.3) is 0 Å². The van der Waals surface area contributed by atoms with E-state index in [0.29, 0.717) is 24.3 Å². The molecule has 34 heavy (non-hydrogen) atoms. The summed E-state index contributed by atoms with van der Waals surface area (Å²) in [4.78, 5) is 12.6. The molecule has 0 saturated heterocycles. The van der Waals surface area contributed by atoms with Crippen LogP contribution in [0.5, 0.6) is 0 Å². The number of carbonyl (C=O) groups excluding carboxylic acids is 1. The molecule has 0 aliphatic carbocycles. The summed E-state index contributed by atoms with van der Waals surface area (Å²) in [5.74, 6) is -10.1. The first-order valence-electron chi connectivity index (χ1n) is 8.56. The van der Waals surface area contributed by atoms with Gasteiger partial charge in [-0.1, -0.05) is 44.0 Å². The normalized spacial score (nSPS) is 15.2. The zero-order chi connectivity index (χ0) is 26.4. The fraction of sp³-hybridized carbons (Fsp3) is 0.316. The van der Waals surface area contributed by atoms with Gasteiger partial charge in [-0.15, -0.1) is 0 Å². The van der Waals surface area contributed by atoms with Gasteiger partial charge < -0.3 is 0 Å². The molecule has 0 bridgehead atoms. The van der Waals surface area contributed by atoms with E-state index in [1.54, 1.807) is 0 Å². The second-order valence-corrected chi connectivity index (χ2v) is 8.53. The lowest BCUT2D eigenvalue weighted by Gasteiger charge is -2.27. The second-order valence-electron chi connectivity index (χ2n) is 6.83. The lowest BCUT2D eigenvalue weighted by atomic mass is 9.82. The maximum atomic E-state index is 13.7. The van der Waals surface area contributed by atoms with Gasteiger partial charge in [-0.05, 0) is 35.4 Å². The number of carbonyl (C=O) groups is 1. The van der Waals surface area contributed by atoms with Crippen LogP contribution < -0.4 is 0 Å². The maximum Gasteiger partial charge on any atom is 0.417 e. The van der Waals surface area contributed by atoms with Crippen molar-refractivity contribution in [3.63, 3.8) is 0 Å². The van der Waals surface area contributed by atoms with E-state index in [-0.39, 0.29) is 12.1 Å². The molecule has 2 atom stereocenters. The summed E-state index contributed by atoms with van der Waals surface area (Å²) in [6.45, 7) is 0. The molecule has 2 aromatic carbocycles. The third-order valence-electron chi connectivity index (χ3n) is 4.48. The topological polar surface area (TPSA) is 17.1 Å². The van der Waals surface area contributed by atoms with Crippen LogP contribution in [0.2, 0.25) is 0 Å². The number of halogens is 14. The minimum absolute atomic E-state index is 0.143. The fourth-order valence-corrected chi connectivity index (χ4v) is 4.02. The van der Waals surface area contributed by atoms with Gasteiger partial charge in [0.05, 0.1) is 11.1 Å². The molecule has 0 fully saturated rings. The van der Waals surface area contributed by atoms with E-state index in [0.717, 1.165) is 0 Å². The summed E-state index contributed by atoms with van der Waals surface area (Å²) in [6.07, 6.45) is -22.1. The Hall–Kier alpha value is -1.77. The number of Topliss-reactive ketones (excluding diaryl/α,β-unsaturated/α-hetero) is 1. The van der Waals surface area contributed by atoms with E-state index in [9.17, 15) is 57.5 Å². The predicted molar refractivity (Wildman–Crippen MR) is 101 cm³/mol. The fourth-order valence-electron chi connectivity index (χ4n) is 3.08. The Morgan fingerprint density at radius 2 is 0.882 bits per heavy atom. The van der Waals surface area contributed by atoms with Crippen LogP contribution in [0.1, 0.15) is 34.1 Å². The van der Waals surface area contributed by atoms with Gasteiger partial charge in [0.15, 0.2) is 5.78 Å². The number of rotatable bonds is 4. The molecular weight excluding hydrogens is 632 g/mol. The van der Waals surface area contributed by atoms with Gasteiger partial charge in [0, 0.05) is 8.95 Å². The van der Waals surface area contributed by atoms with Crippen molar-refractivity contribution < 1.29 is 57.5 Å². The average molecular weight is 640 g/mol. The first-order valence-corrected chi connectivity index (χ1v) is 10.1. The van der Waals surface area contributed by atoms with Crippen molar-refractivity contribution in [2.75, 3.05) is 0 Å². The Bertz CT molecular complexity index is 983. The van der Waals surface area contributed by atoms with Crippen LogP contribution in [0.3, 0.4) is 0 Å². The molecule has 2 rings (SSSR count). The standard InChI is InChI=1S/C19H8Br2F12O/c20-11-3-1-7(5-9(11)16(22,23)24)13(18(28,29)30)15(34)14(19(31,32)33)8-2-4-12(21)10(6-8)17(25,26)27/h1-6,13-14H. The third kappa shape index (κ3) is 6.26. The predicted octanol–water partition coefficient (Wildman–Crippen LogP) is 8.81. The number of benzene rings is 2. The van der Waals surface area contributed by atoms with Gasteiger partial charge in [0.1, 0.15) is 11.8 Å². The van der Waals surface area contributed by atoms with Crippen molar-refractivity contribution in [1.82, 2.24) is 0 Å². The summed E-state index contributed by atoms with van der Waals surface area (Å²) < 4.78 is 159. The Morgan fingerprint density at radius 3 is 1.12 bits per heavy atom. The quantitative estimate of drug-likeness (QED) is 0.306. The highest BCUT2D eigenvalue weighted by Crippen LogP contribution is 2.47. The van der Waals surface area contributed by atoms with Crippen LogP contribution in [0.4, 0.5) is 52.7 Å². The number of hydrogen-bond acceptors (Lipinski definition) is 1. The molecule has 0 heterocycles. The van der Waals surface area contributed by atoms with Crippen LogP contribution in [0.15, 0.2) is 45.3 Å². The SMILES string of the molecule is O=C(C(c1ccc(Br)c(C(F)(F)F)c1)C(F)(F)F)C(c1ccc(Br)c(C(F)(F)F)c1)C(F)(F)F. The summed E-state index contributed by atoms with van der Waals surface area (Å²) in [7, 11) is 0. The number of ketones is 1. The highest BCUT2D eigenvalue weighted by Gasteiger charge is 2.56. The molecule has 0 aliphatic rings. The van der Waals surface area contributed by atoms with Crippen molar-refractivity contribution in [3.8, 4) is 0 Å². The van der Waals surface area contributed by atoms with Gasteiger partial charge >= 0.3 is 24.7 Å². The third-order valence-corrected chi connectivity index (χ3v) is 5.86. The molecule has 0 aromatic heterocycles. The Labute approximate surface area is 199 Å². The highest BCUT2D eigenvalue weighted by atomic mass is 79.9. The van der Waals surface area contributed by atoms with E-state index in [1.807, 2.05) is 0 Å². The average Bonchev–Trinajstić information content (AvgIpc) is 2.60. The van der Waals surface area contributed by atoms with Crippen molar-refractivity contribution in [3.05, 3.63) is 67.6 Å². The first kappa shape index (κ1) is 28.5. The van der Waals surface area contributed by atoms with Gasteiger partial charge in [0.25, 0.3) is 0 Å². The Morgan fingerprint density at radius 1 is 0.588 bits per heavy atom. The largest absolute Gasteiger partial charge is 0.417 e. The zero-order valence-electron chi connectivity index (χ0n) is 15.8. The van der Waals surface area contributed by atoms with Gasteiger partial charge in [-0.3, -0.25) is 4.79 Å². The molecule has 0 N–H and O–H groups in total.